The predicted octanol–water partition coefficient (Wildman–Crippen LogP) is 2.44. The summed E-state index contributed by atoms with van der Waals surface area (Å²) in [6.45, 7) is 4.18. The molecule has 2 N–H and O–H groups in total. The van der Waals surface area contributed by atoms with Crippen LogP contribution in [0.3, 0.4) is 0 Å². The maximum absolute atomic E-state index is 12.7. The molecule has 0 bridgehead atoms. The Morgan fingerprint density at radius 2 is 1.85 bits per heavy atom. The largest absolute Gasteiger partial charge is 0.497 e. The van der Waals surface area contributed by atoms with Gasteiger partial charge in [-0.15, -0.1) is 0 Å². The van der Waals surface area contributed by atoms with Crippen LogP contribution in [0.15, 0.2) is 29.3 Å². The third-order valence-electron chi connectivity index (χ3n) is 5.17. The van der Waals surface area contributed by atoms with Crippen LogP contribution in [-0.4, -0.2) is 57.6 Å². The van der Waals surface area contributed by atoms with Crippen molar-refractivity contribution in [2.45, 2.75) is 39.0 Å². The second-order valence-corrected chi connectivity index (χ2v) is 7.41. The molecular formula is C21H34N4O2. The molecule has 1 aliphatic rings. The first-order chi connectivity index (χ1) is 13.0. The van der Waals surface area contributed by atoms with E-state index in [-0.39, 0.29) is 11.3 Å². The number of nitrogens with zero attached hydrogens (tertiary/aromatic N) is 2. The number of benzene rings is 1. The Morgan fingerprint density at radius 1 is 1.19 bits per heavy atom. The van der Waals surface area contributed by atoms with E-state index in [1.807, 2.05) is 26.2 Å². The fraction of sp³-hybridized carbons (Fsp3) is 0.619. The lowest BCUT2D eigenvalue weighted by Crippen LogP contribution is -2.43. The van der Waals surface area contributed by atoms with Crippen LogP contribution in [0.5, 0.6) is 5.75 Å². The molecule has 1 aromatic carbocycles. The molecule has 2 rings (SSSR count). The van der Waals surface area contributed by atoms with Crippen LogP contribution in [0, 0.1) is 5.41 Å². The quantitative estimate of drug-likeness (QED) is 0.542. The molecule has 0 aromatic heterocycles. The Hall–Kier alpha value is -2.24. The number of methoxy groups -OCH3 is 1. The van der Waals surface area contributed by atoms with Gasteiger partial charge in [-0.3, -0.25) is 9.79 Å². The minimum absolute atomic E-state index is 0.206. The fourth-order valence-corrected chi connectivity index (χ4v) is 3.66. The summed E-state index contributed by atoms with van der Waals surface area (Å²) in [5.41, 5.74) is 0.913. The highest BCUT2D eigenvalue weighted by Crippen LogP contribution is 2.39. The second kappa shape index (κ2) is 10.2. The Balaban J connectivity index is 1.95. The van der Waals surface area contributed by atoms with E-state index in [0.29, 0.717) is 6.54 Å². The summed E-state index contributed by atoms with van der Waals surface area (Å²) in [5.74, 6) is 1.86. The molecule has 0 aliphatic heterocycles. The van der Waals surface area contributed by atoms with Crippen LogP contribution in [0.1, 0.15) is 38.2 Å². The Bertz CT molecular complexity index is 620. The van der Waals surface area contributed by atoms with E-state index in [4.69, 9.17) is 9.73 Å². The minimum Gasteiger partial charge on any atom is -0.497 e. The van der Waals surface area contributed by atoms with Crippen molar-refractivity contribution in [3.8, 4) is 5.75 Å². The van der Waals surface area contributed by atoms with Crippen molar-refractivity contribution in [2.24, 2.45) is 10.4 Å². The molecule has 1 saturated carbocycles. The lowest BCUT2D eigenvalue weighted by Gasteiger charge is -2.29. The van der Waals surface area contributed by atoms with Crippen molar-refractivity contribution >= 4 is 11.9 Å². The van der Waals surface area contributed by atoms with E-state index >= 15 is 0 Å². The summed E-state index contributed by atoms with van der Waals surface area (Å²) in [6, 6.07) is 8.11. The van der Waals surface area contributed by atoms with Gasteiger partial charge in [0.25, 0.3) is 0 Å². The summed E-state index contributed by atoms with van der Waals surface area (Å²) in [7, 11) is 5.35. The summed E-state index contributed by atoms with van der Waals surface area (Å²) in [5, 5.41) is 6.68. The summed E-state index contributed by atoms with van der Waals surface area (Å²) in [4.78, 5) is 19.2. The zero-order valence-electron chi connectivity index (χ0n) is 17.2. The molecule has 0 saturated heterocycles. The SMILES string of the molecule is CCNC(=NCC1(C(=O)N(C)C)CCCC1)NCCc1ccc(OC)cc1. The number of guanidine groups is 1. The lowest BCUT2D eigenvalue weighted by molar-refractivity contribution is -0.138. The summed E-state index contributed by atoms with van der Waals surface area (Å²) >= 11 is 0. The smallest absolute Gasteiger partial charge is 0.230 e. The highest BCUT2D eigenvalue weighted by molar-refractivity contribution is 5.84. The van der Waals surface area contributed by atoms with Gasteiger partial charge in [-0.05, 0) is 43.9 Å². The molecule has 6 heteroatoms. The van der Waals surface area contributed by atoms with E-state index in [9.17, 15) is 4.79 Å². The molecule has 0 spiro atoms. The van der Waals surface area contributed by atoms with Gasteiger partial charge in [-0.2, -0.15) is 0 Å². The Labute approximate surface area is 163 Å². The standard InChI is InChI=1S/C21H34N4O2/c1-5-22-20(23-15-12-17-8-10-18(27-4)11-9-17)24-16-21(13-6-7-14-21)19(26)25(2)3/h8-11H,5-7,12-16H2,1-4H3,(H2,22,23,24). The van der Waals surface area contributed by atoms with Gasteiger partial charge in [0.2, 0.25) is 5.91 Å². The van der Waals surface area contributed by atoms with Crippen molar-refractivity contribution in [3.63, 3.8) is 0 Å². The highest BCUT2D eigenvalue weighted by Gasteiger charge is 2.41. The zero-order chi connectivity index (χ0) is 19.7. The topological polar surface area (TPSA) is 66.0 Å². The molecule has 1 aromatic rings. The number of aliphatic imine (C=N–C) groups is 1. The van der Waals surface area contributed by atoms with E-state index in [1.54, 1.807) is 12.0 Å². The van der Waals surface area contributed by atoms with Gasteiger partial charge < -0.3 is 20.3 Å². The van der Waals surface area contributed by atoms with Crippen LogP contribution >= 0.6 is 0 Å². The van der Waals surface area contributed by atoms with Gasteiger partial charge in [0, 0.05) is 27.2 Å². The maximum Gasteiger partial charge on any atom is 0.230 e. The van der Waals surface area contributed by atoms with Gasteiger partial charge in [0.05, 0.1) is 19.1 Å². The van der Waals surface area contributed by atoms with Crippen LogP contribution in [0.2, 0.25) is 0 Å². The molecule has 0 radical (unpaired) electrons. The second-order valence-electron chi connectivity index (χ2n) is 7.41. The fourth-order valence-electron chi connectivity index (χ4n) is 3.66. The molecule has 0 unspecified atom stereocenters. The van der Waals surface area contributed by atoms with Crippen LogP contribution in [0.4, 0.5) is 0 Å². The minimum atomic E-state index is -0.332. The van der Waals surface area contributed by atoms with Crippen LogP contribution in [0.25, 0.3) is 0 Å². The Kier molecular flexibility index (Phi) is 7.95. The molecule has 6 nitrogen and oxygen atoms in total. The number of amides is 1. The summed E-state index contributed by atoms with van der Waals surface area (Å²) in [6.07, 6.45) is 4.97. The van der Waals surface area contributed by atoms with Crippen molar-refractivity contribution in [1.29, 1.82) is 0 Å². The van der Waals surface area contributed by atoms with E-state index in [1.165, 1.54) is 5.56 Å². The summed E-state index contributed by atoms with van der Waals surface area (Å²) < 4.78 is 5.19. The first-order valence-corrected chi connectivity index (χ1v) is 9.87. The average molecular weight is 375 g/mol. The van der Waals surface area contributed by atoms with Gasteiger partial charge in [-0.1, -0.05) is 25.0 Å². The van der Waals surface area contributed by atoms with E-state index < -0.39 is 0 Å². The normalized spacial score (nSPS) is 16.1. The number of hydrogen-bond donors (Lipinski definition) is 2. The third-order valence-corrected chi connectivity index (χ3v) is 5.17. The van der Waals surface area contributed by atoms with Gasteiger partial charge in [0.1, 0.15) is 5.75 Å². The van der Waals surface area contributed by atoms with E-state index in [0.717, 1.165) is 56.9 Å². The number of carbonyl (C=O) groups is 1. The van der Waals surface area contributed by atoms with Gasteiger partial charge >= 0.3 is 0 Å². The molecular weight excluding hydrogens is 340 g/mol. The average Bonchev–Trinajstić information content (AvgIpc) is 3.16. The number of carbonyl (C=O) groups excluding carboxylic acids is 1. The monoisotopic (exact) mass is 374 g/mol. The molecule has 0 heterocycles. The van der Waals surface area contributed by atoms with Crippen LogP contribution in [-0.2, 0) is 11.2 Å². The molecule has 1 aliphatic carbocycles. The molecule has 1 amide bonds. The molecule has 0 atom stereocenters. The highest BCUT2D eigenvalue weighted by atomic mass is 16.5. The van der Waals surface area contributed by atoms with Gasteiger partial charge in [-0.25, -0.2) is 0 Å². The third kappa shape index (κ3) is 5.88. The van der Waals surface area contributed by atoms with Crippen molar-refractivity contribution in [2.75, 3.05) is 40.8 Å². The first kappa shape index (κ1) is 21.1. The van der Waals surface area contributed by atoms with Crippen molar-refractivity contribution in [3.05, 3.63) is 29.8 Å². The Morgan fingerprint density at radius 3 is 2.41 bits per heavy atom. The van der Waals surface area contributed by atoms with Gasteiger partial charge in [0.15, 0.2) is 5.96 Å². The van der Waals surface area contributed by atoms with E-state index in [2.05, 4.69) is 29.7 Å². The van der Waals surface area contributed by atoms with Crippen molar-refractivity contribution in [1.82, 2.24) is 15.5 Å². The molecule has 27 heavy (non-hydrogen) atoms. The molecule has 1 fully saturated rings. The zero-order valence-corrected chi connectivity index (χ0v) is 17.2. The number of rotatable bonds is 8. The van der Waals surface area contributed by atoms with Crippen LogP contribution < -0.4 is 15.4 Å². The molecule has 150 valence electrons. The van der Waals surface area contributed by atoms with Crippen molar-refractivity contribution < 1.29 is 9.53 Å². The number of hydrogen-bond acceptors (Lipinski definition) is 3. The lowest BCUT2D eigenvalue weighted by atomic mass is 9.85. The first-order valence-electron chi connectivity index (χ1n) is 9.87. The predicted molar refractivity (Wildman–Crippen MR) is 110 cm³/mol. The number of nitrogens with one attached hydrogen (secondary N) is 2. The maximum atomic E-state index is 12.7. The number of ether oxygens (including phenoxy) is 1.